The van der Waals surface area contributed by atoms with Crippen LogP contribution in [-0.4, -0.2) is 4.82 Å². The maximum absolute atomic E-state index is 3.30. The molecule has 6 rings (SSSR count). The van der Waals surface area contributed by atoms with Gasteiger partial charge in [-0.15, -0.1) is 11.1 Å². The number of hydrogen-bond donors (Lipinski definition) is 0. The summed E-state index contributed by atoms with van der Waals surface area (Å²) in [4.78, 5) is 3.25. The monoisotopic (exact) mass is 422 g/mol. The fourth-order valence-electron chi connectivity index (χ4n) is 4.00. The first-order chi connectivity index (χ1) is 13.9. The minimum Gasteiger partial charge on any atom is -0.358 e. The number of fused-ring (bicyclic) bond motifs is 6. The molecular weight excluding hydrogens is 396 g/mol. The summed E-state index contributed by atoms with van der Waals surface area (Å²) in [6.45, 7) is 0. The molecule has 1 heteroatoms. The van der Waals surface area contributed by atoms with Crippen LogP contribution in [-0.2, 0) is 32.8 Å². The predicted molar refractivity (Wildman–Crippen MR) is 127 cm³/mol. The Balaban J connectivity index is 0.000000186. The average Bonchev–Trinajstić information content (AvgIpc) is 3.34. The molecule has 0 radical (unpaired) electrons. The van der Waals surface area contributed by atoms with E-state index in [-0.39, 0.29) is 14.9 Å². The summed E-state index contributed by atoms with van der Waals surface area (Å²) in [6, 6.07) is 36.2. The molecule has 0 nitrogen and oxygen atoms in total. The van der Waals surface area contributed by atoms with E-state index in [1.54, 1.807) is 20.0 Å². The topological polar surface area (TPSA) is 0 Å². The predicted octanol–water partition coefficient (Wildman–Crippen LogP) is 6.98. The molecule has 0 amide bonds. The van der Waals surface area contributed by atoms with Crippen molar-refractivity contribution in [2.45, 2.75) is 12.8 Å². The van der Waals surface area contributed by atoms with Gasteiger partial charge in [-0.1, -0.05) is 70.8 Å². The number of hydrogen-bond acceptors (Lipinski definition) is 0. The van der Waals surface area contributed by atoms with Crippen molar-refractivity contribution in [1.29, 1.82) is 0 Å². The minimum absolute atomic E-state index is 0. The molecule has 0 aromatic heterocycles. The van der Waals surface area contributed by atoms with Gasteiger partial charge in [0.15, 0.2) is 0 Å². The van der Waals surface area contributed by atoms with Crippen molar-refractivity contribution in [3.05, 3.63) is 134 Å². The fourth-order valence-corrected chi connectivity index (χ4v) is 4.00. The molecule has 4 aromatic carbocycles. The Labute approximate surface area is 193 Å². The zero-order valence-electron chi connectivity index (χ0n) is 17.7. The van der Waals surface area contributed by atoms with Gasteiger partial charge in [-0.25, -0.2) is 0 Å². The molecule has 0 saturated heterocycles. The minimum atomic E-state index is 0. The van der Waals surface area contributed by atoms with Crippen LogP contribution in [0, 0.1) is 27.0 Å². The van der Waals surface area contributed by atoms with Gasteiger partial charge in [0.2, 0.25) is 0 Å². The van der Waals surface area contributed by atoms with E-state index in [1.807, 2.05) is 12.1 Å². The quantitative estimate of drug-likeness (QED) is 0.183. The third-order valence-corrected chi connectivity index (χ3v) is 5.23. The van der Waals surface area contributed by atoms with Crippen molar-refractivity contribution in [2.24, 2.45) is 0 Å². The van der Waals surface area contributed by atoms with Gasteiger partial charge in [0.05, 0.1) is 0 Å². The van der Waals surface area contributed by atoms with E-state index in [2.05, 4.69) is 89.7 Å². The molecule has 0 bridgehead atoms. The second-order valence-electron chi connectivity index (χ2n) is 6.79. The van der Waals surface area contributed by atoms with Gasteiger partial charge < -0.3 is 14.9 Å². The number of benzene rings is 4. The Morgan fingerprint density at radius 3 is 1.33 bits per heavy atom. The molecule has 0 spiro atoms. The van der Waals surface area contributed by atoms with Gasteiger partial charge in [-0.05, 0) is 12.8 Å². The molecule has 0 unspecified atom stereocenters. The van der Waals surface area contributed by atoms with E-state index in [1.165, 1.54) is 44.5 Å². The molecule has 2 aliphatic rings. The molecule has 0 heterocycles. The van der Waals surface area contributed by atoms with Crippen molar-refractivity contribution < 1.29 is 20.0 Å². The van der Waals surface area contributed by atoms with E-state index in [4.69, 9.17) is 0 Å². The second kappa shape index (κ2) is 11.0. The fraction of sp³-hybridized carbons (Fsp3) is 0.0690. The average molecular weight is 422 g/mol. The first-order valence-corrected chi connectivity index (χ1v) is 10.5. The van der Waals surface area contributed by atoms with Crippen molar-refractivity contribution in [2.75, 3.05) is 0 Å². The Bertz CT molecular complexity index is 934. The SMILES string of the molecule is [CH2]=[Ti].[CH3-].[CH3-].[c-]1cccc2c1Cc1ccccc1-2.[c-]1cccc2c1Cc1ccccc1-2. The molecule has 2 aliphatic carbocycles. The standard InChI is InChI=1S/2C13H9.2CH3.CH2.Ti/c2*1-3-7-12-10(5-1)9-11-6-2-4-8-13(11)12;;;;/h2*1-5,7-8H,9H2;2*1H3;1H2;/q4*-1;;. The molecule has 0 atom stereocenters. The van der Waals surface area contributed by atoms with Crippen LogP contribution in [0.15, 0.2) is 84.9 Å². The van der Waals surface area contributed by atoms with Crippen LogP contribution in [0.25, 0.3) is 22.3 Å². The smallest absolute Gasteiger partial charge is 0.0253 e. The van der Waals surface area contributed by atoms with Gasteiger partial charge >= 0.3 is 24.8 Å². The van der Waals surface area contributed by atoms with Crippen LogP contribution in [0.1, 0.15) is 22.3 Å². The molecule has 0 fully saturated rings. The van der Waals surface area contributed by atoms with Crippen LogP contribution in [0.4, 0.5) is 0 Å². The van der Waals surface area contributed by atoms with Crippen LogP contribution < -0.4 is 0 Å². The van der Waals surface area contributed by atoms with E-state index in [9.17, 15) is 0 Å². The van der Waals surface area contributed by atoms with E-state index >= 15 is 0 Å². The summed E-state index contributed by atoms with van der Waals surface area (Å²) in [7, 11) is 0. The van der Waals surface area contributed by atoms with Crippen LogP contribution >= 0.6 is 0 Å². The third kappa shape index (κ3) is 4.62. The normalized spacial score (nSPS) is 10.8. The van der Waals surface area contributed by atoms with Gasteiger partial charge in [0.1, 0.15) is 0 Å². The van der Waals surface area contributed by atoms with E-state index < -0.39 is 0 Å². The summed E-state index contributed by atoms with van der Waals surface area (Å²) >= 11 is 1.75. The van der Waals surface area contributed by atoms with Gasteiger partial charge in [-0.2, -0.15) is 59.7 Å². The van der Waals surface area contributed by atoms with E-state index in [0.29, 0.717) is 0 Å². The van der Waals surface area contributed by atoms with Crippen LogP contribution in [0.3, 0.4) is 0 Å². The second-order valence-corrected chi connectivity index (χ2v) is 6.79. The van der Waals surface area contributed by atoms with Gasteiger partial charge in [0.25, 0.3) is 0 Å². The first-order valence-electron chi connectivity index (χ1n) is 9.41. The number of rotatable bonds is 0. The zero-order chi connectivity index (χ0) is 19.3. The first kappa shape index (κ1) is 23.7. The molecule has 0 aliphatic heterocycles. The maximum Gasteiger partial charge on any atom is -0.0253 e. The largest absolute Gasteiger partial charge is 0.358 e. The Morgan fingerprint density at radius 2 is 0.900 bits per heavy atom. The van der Waals surface area contributed by atoms with Crippen molar-refractivity contribution in [3.63, 3.8) is 0 Å². The van der Waals surface area contributed by atoms with Crippen molar-refractivity contribution in [3.8, 4) is 22.3 Å². The summed E-state index contributed by atoms with van der Waals surface area (Å²) in [5.41, 5.74) is 11.0. The summed E-state index contributed by atoms with van der Waals surface area (Å²) in [6.07, 6.45) is 2.10. The van der Waals surface area contributed by atoms with Gasteiger partial charge in [-0.3, -0.25) is 0 Å². The van der Waals surface area contributed by atoms with E-state index in [0.717, 1.165) is 12.8 Å². The Hall–Kier alpha value is -2.54. The summed E-state index contributed by atoms with van der Waals surface area (Å²) in [5.74, 6) is 0. The Morgan fingerprint density at radius 1 is 0.533 bits per heavy atom. The third-order valence-electron chi connectivity index (χ3n) is 5.23. The summed E-state index contributed by atoms with van der Waals surface area (Å²) < 4.78 is 0. The zero-order valence-corrected chi connectivity index (χ0v) is 19.3. The van der Waals surface area contributed by atoms with Crippen molar-refractivity contribution in [1.82, 2.24) is 0 Å². The maximum atomic E-state index is 3.30. The van der Waals surface area contributed by atoms with Crippen LogP contribution in [0.5, 0.6) is 0 Å². The summed E-state index contributed by atoms with van der Waals surface area (Å²) in [5, 5.41) is 0. The molecule has 150 valence electrons. The van der Waals surface area contributed by atoms with Crippen LogP contribution in [0.2, 0.25) is 0 Å². The molecule has 0 saturated carbocycles. The molecular formula is C29H26Ti-4. The molecule has 0 N–H and O–H groups in total. The van der Waals surface area contributed by atoms with Gasteiger partial charge in [0, 0.05) is 0 Å². The molecule has 30 heavy (non-hydrogen) atoms. The molecule has 4 aromatic rings. The van der Waals surface area contributed by atoms with Crippen molar-refractivity contribution >= 4 is 4.82 Å². The Kier molecular flexibility index (Phi) is 8.72.